The molecule has 0 heterocycles. The smallest absolute Gasteiger partial charge is 0.126 e. The molecule has 2 aromatic rings. The summed E-state index contributed by atoms with van der Waals surface area (Å²) in [6.45, 7) is 11.7. The Kier molecular flexibility index (Phi) is 7.81. The zero-order valence-electron chi connectivity index (χ0n) is 18.1. The van der Waals surface area contributed by atoms with E-state index < -0.39 is 5.92 Å². The lowest BCUT2D eigenvalue weighted by atomic mass is 9.85. The fourth-order valence-electron chi connectivity index (χ4n) is 3.70. The predicted octanol–water partition coefficient (Wildman–Crippen LogP) is 6.74. The van der Waals surface area contributed by atoms with E-state index in [2.05, 4.69) is 11.8 Å². The van der Waals surface area contributed by atoms with E-state index in [4.69, 9.17) is 0 Å². The van der Waals surface area contributed by atoms with Crippen molar-refractivity contribution in [2.24, 2.45) is 5.18 Å². The Hall–Kier alpha value is -3.08. The molecule has 0 saturated heterocycles. The lowest BCUT2D eigenvalue weighted by Gasteiger charge is -2.21. The highest BCUT2D eigenvalue weighted by atomic mass is 16.3. The number of hydrogen-bond donors (Lipinski definition) is 3. The van der Waals surface area contributed by atoms with E-state index in [0.29, 0.717) is 12.0 Å². The summed E-state index contributed by atoms with van der Waals surface area (Å²) < 4.78 is 0. The van der Waals surface area contributed by atoms with Crippen LogP contribution in [0.3, 0.4) is 0 Å². The molecule has 0 amide bonds. The van der Waals surface area contributed by atoms with Gasteiger partial charge in [-0.15, -0.1) is 4.91 Å². The van der Waals surface area contributed by atoms with Gasteiger partial charge in [0, 0.05) is 17.5 Å². The molecule has 5 heteroatoms. The van der Waals surface area contributed by atoms with Crippen LogP contribution in [-0.2, 0) is 6.42 Å². The molecular formula is C25H31NO4. The van der Waals surface area contributed by atoms with Crippen LogP contribution in [0.5, 0.6) is 17.2 Å². The average Bonchev–Trinajstić information content (AvgIpc) is 2.71. The molecular weight excluding hydrogens is 378 g/mol. The van der Waals surface area contributed by atoms with Gasteiger partial charge in [0.1, 0.15) is 17.2 Å². The van der Waals surface area contributed by atoms with Crippen molar-refractivity contribution in [3.05, 3.63) is 75.8 Å². The molecule has 5 nitrogen and oxygen atoms in total. The Morgan fingerprint density at radius 1 is 1.10 bits per heavy atom. The third-order valence-corrected chi connectivity index (χ3v) is 5.43. The van der Waals surface area contributed by atoms with Crippen molar-refractivity contribution >= 4 is 5.57 Å². The number of nitrogens with zero attached hydrogens (tertiary/aromatic N) is 1. The number of aromatic hydroxyl groups is 3. The van der Waals surface area contributed by atoms with E-state index >= 15 is 0 Å². The normalized spacial score (nSPS) is 12.8. The van der Waals surface area contributed by atoms with Gasteiger partial charge in [-0.1, -0.05) is 52.0 Å². The van der Waals surface area contributed by atoms with Crippen LogP contribution in [0.4, 0.5) is 0 Å². The van der Waals surface area contributed by atoms with Crippen molar-refractivity contribution in [2.75, 3.05) is 0 Å². The standard InChI is InChI=1S/C25H31NO4/c1-6-8-19-11-18(9-10-23(19)27)21(16(5)26-30)12-17(7-2)22-13-20(15(3)4)24(28)14-25(22)29/h7,9-11,13-15,21,27-29H,5-6,8,12H2,1-4H3/b17-7+. The maximum absolute atomic E-state index is 11.4. The molecule has 0 aliphatic rings. The summed E-state index contributed by atoms with van der Waals surface area (Å²) in [4.78, 5) is 11.4. The highest BCUT2D eigenvalue weighted by Crippen LogP contribution is 2.41. The van der Waals surface area contributed by atoms with E-state index in [0.717, 1.165) is 35.1 Å². The predicted molar refractivity (Wildman–Crippen MR) is 122 cm³/mol. The number of aryl methyl sites for hydroxylation is 1. The molecule has 0 aliphatic heterocycles. The highest BCUT2D eigenvalue weighted by molar-refractivity contribution is 5.73. The summed E-state index contributed by atoms with van der Waals surface area (Å²) in [5, 5.41) is 33.9. The Bertz CT molecular complexity index is 960. The Labute approximate surface area is 178 Å². The van der Waals surface area contributed by atoms with Crippen LogP contribution in [0.15, 0.2) is 53.9 Å². The van der Waals surface area contributed by atoms with Crippen molar-refractivity contribution in [1.29, 1.82) is 0 Å². The fraction of sp³-hybridized carbons (Fsp3) is 0.360. The summed E-state index contributed by atoms with van der Waals surface area (Å²) in [7, 11) is 0. The van der Waals surface area contributed by atoms with Crippen molar-refractivity contribution < 1.29 is 15.3 Å². The Morgan fingerprint density at radius 2 is 1.80 bits per heavy atom. The molecule has 0 bridgehead atoms. The van der Waals surface area contributed by atoms with Crippen molar-refractivity contribution in [2.45, 2.75) is 58.8 Å². The number of hydrogen-bond acceptors (Lipinski definition) is 5. The van der Waals surface area contributed by atoms with E-state index in [1.807, 2.05) is 39.8 Å². The first-order valence-corrected chi connectivity index (χ1v) is 10.3. The molecule has 0 radical (unpaired) electrons. The van der Waals surface area contributed by atoms with E-state index in [1.165, 1.54) is 6.07 Å². The average molecular weight is 410 g/mol. The largest absolute Gasteiger partial charge is 0.508 e. The minimum Gasteiger partial charge on any atom is -0.508 e. The first kappa shape index (κ1) is 23.2. The molecule has 3 N–H and O–H groups in total. The zero-order chi connectivity index (χ0) is 22.4. The Balaban J connectivity index is 2.51. The molecule has 160 valence electrons. The van der Waals surface area contributed by atoms with Gasteiger partial charge in [0.05, 0.1) is 5.70 Å². The van der Waals surface area contributed by atoms with Crippen LogP contribution in [-0.4, -0.2) is 15.3 Å². The van der Waals surface area contributed by atoms with Gasteiger partial charge in [0.2, 0.25) is 0 Å². The molecule has 2 aromatic carbocycles. The van der Waals surface area contributed by atoms with E-state index in [-0.39, 0.29) is 28.9 Å². The van der Waals surface area contributed by atoms with Crippen LogP contribution >= 0.6 is 0 Å². The van der Waals surface area contributed by atoms with Gasteiger partial charge in [0.15, 0.2) is 0 Å². The van der Waals surface area contributed by atoms with Crippen LogP contribution in [0.25, 0.3) is 5.57 Å². The molecule has 30 heavy (non-hydrogen) atoms. The van der Waals surface area contributed by atoms with E-state index in [9.17, 15) is 20.2 Å². The summed E-state index contributed by atoms with van der Waals surface area (Å²) in [6.07, 6.45) is 3.89. The number of benzene rings is 2. The summed E-state index contributed by atoms with van der Waals surface area (Å²) in [6, 6.07) is 8.45. The number of nitroso groups, excluding NO2 is 1. The molecule has 0 saturated carbocycles. The SMILES string of the molecule is C=C(N=O)C(C/C(=C\C)c1cc(C(C)C)c(O)cc1O)c1ccc(O)c(CCC)c1. The number of phenolic OH excluding ortho intramolecular Hbond substituents is 3. The minimum absolute atomic E-state index is 0.0224. The van der Waals surface area contributed by atoms with Crippen LogP contribution in [0.1, 0.15) is 74.6 Å². The molecule has 1 atom stereocenters. The molecule has 0 aromatic heterocycles. The van der Waals surface area contributed by atoms with Crippen molar-refractivity contribution in [3.63, 3.8) is 0 Å². The highest BCUT2D eigenvalue weighted by Gasteiger charge is 2.22. The minimum atomic E-state index is -0.402. The lowest BCUT2D eigenvalue weighted by Crippen LogP contribution is -2.04. The second kappa shape index (κ2) is 10.1. The van der Waals surface area contributed by atoms with Crippen molar-refractivity contribution in [1.82, 2.24) is 0 Å². The maximum Gasteiger partial charge on any atom is 0.126 e. The summed E-state index contributed by atoms with van der Waals surface area (Å²) in [5.41, 5.74) is 3.99. The first-order chi connectivity index (χ1) is 14.2. The van der Waals surface area contributed by atoms with E-state index in [1.54, 1.807) is 18.2 Å². The third-order valence-electron chi connectivity index (χ3n) is 5.43. The molecule has 0 spiro atoms. The Morgan fingerprint density at radius 3 is 2.37 bits per heavy atom. The van der Waals surface area contributed by atoms with Crippen LogP contribution in [0, 0.1) is 4.91 Å². The lowest BCUT2D eigenvalue weighted by molar-refractivity contribution is 0.442. The van der Waals surface area contributed by atoms with Crippen LogP contribution < -0.4 is 0 Å². The quantitative estimate of drug-likeness (QED) is 0.400. The van der Waals surface area contributed by atoms with Gasteiger partial charge in [-0.25, -0.2) is 0 Å². The number of rotatable bonds is 9. The maximum atomic E-state index is 11.4. The second-order valence-corrected chi connectivity index (χ2v) is 7.87. The second-order valence-electron chi connectivity index (χ2n) is 7.87. The topological polar surface area (TPSA) is 90.1 Å². The third kappa shape index (κ3) is 5.09. The van der Waals surface area contributed by atoms with Gasteiger partial charge < -0.3 is 15.3 Å². The van der Waals surface area contributed by atoms with Crippen LogP contribution in [0.2, 0.25) is 0 Å². The van der Waals surface area contributed by atoms with Crippen molar-refractivity contribution in [3.8, 4) is 17.2 Å². The zero-order valence-corrected chi connectivity index (χ0v) is 18.1. The summed E-state index contributed by atoms with van der Waals surface area (Å²) >= 11 is 0. The molecule has 0 aliphatic carbocycles. The molecule has 1 unspecified atom stereocenters. The molecule has 0 fully saturated rings. The van der Waals surface area contributed by atoms with Gasteiger partial charge >= 0.3 is 0 Å². The number of allylic oxidation sites excluding steroid dienone is 3. The molecule has 2 rings (SSSR count). The summed E-state index contributed by atoms with van der Waals surface area (Å²) in [5.74, 6) is -0.0574. The number of phenols is 3. The van der Waals surface area contributed by atoms with Gasteiger partial charge in [-0.3, -0.25) is 0 Å². The van der Waals surface area contributed by atoms with Gasteiger partial charge in [0.25, 0.3) is 0 Å². The first-order valence-electron chi connectivity index (χ1n) is 10.3. The van der Waals surface area contributed by atoms with Gasteiger partial charge in [-0.05, 0) is 65.3 Å². The fourth-order valence-corrected chi connectivity index (χ4v) is 3.70. The monoisotopic (exact) mass is 409 g/mol. The van der Waals surface area contributed by atoms with Gasteiger partial charge in [-0.2, -0.15) is 0 Å².